The quantitative estimate of drug-likeness (QED) is 0.418. The molecular formula is C11H30Cl2Si2. The third-order valence-electron chi connectivity index (χ3n) is 3.16. The van der Waals surface area contributed by atoms with Gasteiger partial charge in [0, 0.05) is 5.88 Å². The number of alkyl halides is 1. The Morgan fingerprint density at radius 3 is 1.47 bits per heavy atom. The normalized spacial score (nSPS) is 11.6. The molecule has 0 aromatic heterocycles. The highest BCUT2D eigenvalue weighted by Gasteiger charge is 2.39. The Labute approximate surface area is 112 Å². The van der Waals surface area contributed by atoms with E-state index in [9.17, 15) is 0 Å². The van der Waals surface area contributed by atoms with Gasteiger partial charge in [0.2, 0.25) is 0 Å². The van der Waals surface area contributed by atoms with Gasteiger partial charge in [0.25, 0.3) is 0 Å². The van der Waals surface area contributed by atoms with Crippen LogP contribution in [0.3, 0.4) is 0 Å². The van der Waals surface area contributed by atoms with Crippen molar-refractivity contribution in [2.24, 2.45) is 5.92 Å². The predicted molar refractivity (Wildman–Crippen MR) is 84.6 cm³/mol. The predicted octanol–water partition coefficient (Wildman–Crippen LogP) is 4.05. The first kappa shape index (κ1) is 21.3. The minimum Gasteiger partial charge on any atom is -0.167 e. The van der Waals surface area contributed by atoms with Gasteiger partial charge in [-0.25, -0.2) is 0 Å². The SMILES string of the molecule is CC(C)C(C)(C)[Si](C)(C)Cl.CCCCl.[SiH4]. The average Bonchev–Trinajstić information content (AvgIpc) is 2.02. The molecule has 0 nitrogen and oxygen atoms in total. The van der Waals surface area contributed by atoms with Crippen LogP contribution in [0.2, 0.25) is 18.1 Å². The van der Waals surface area contributed by atoms with Crippen LogP contribution in [0.1, 0.15) is 41.0 Å². The van der Waals surface area contributed by atoms with Crippen molar-refractivity contribution in [1.82, 2.24) is 0 Å². The molecule has 0 aromatic rings. The van der Waals surface area contributed by atoms with Crippen molar-refractivity contribution in [2.75, 3.05) is 5.88 Å². The third-order valence-corrected chi connectivity index (χ3v) is 8.65. The van der Waals surface area contributed by atoms with E-state index in [1.165, 1.54) is 0 Å². The first-order valence-electron chi connectivity index (χ1n) is 5.36. The maximum absolute atomic E-state index is 6.36. The number of hydrogen-bond acceptors (Lipinski definition) is 0. The molecule has 0 atom stereocenters. The monoisotopic (exact) mass is 288 g/mol. The van der Waals surface area contributed by atoms with Crippen LogP contribution in [0.5, 0.6) is 0 Å². The van der Waals surface area contributed by atoms with Crippen molar-refractivity contribution in [3.8, 4) is 0 Å². The van der Waals surface area contributed by atoms with E-state index < -0.39 is 7.38 Å². The molecule has 0 rings (SSSR count). The van der Waals surface area contributed by atoms with Gasteiger partial charge in [0.15, 0.2) is 7.38 Å². The molecule has 0 N–H and O–H groups in total. The van der Waals surface area contributed by atoms with Gasteiger partial charge in [-0.1, -0.05) is 47.7 Å². The zero-order chi connectivity index (χ0) is 12.0. The summed E-state index contributed by atoms with van der Waals surface area (Å²) >= 11 is 11.5. The fraction of sp³-hybridized carbons (Fsp3) is 1.00. The second kappa shape index (κ2) is 9.09. The lowest BCUT2D eigenvalue weighted by Crippen LogP contribution is -2.36. The maximum Gasteiger partial charge on any atom is 0.156 e. The van der Waals surface area contributed by atoms with E-state index >= 15 is 0 Å². The highest BCUT2D eigenvalue weighted by molar-refractivity contribution is 7.20. The van der Waals surface area contributed by atoms with Gasteiger partial charge in [-0.3, -0.25) is 0 Å². The molecule has 0 aliphatic rings. The van der Waals surface area contributed by atoms with Crippen LogP contribution >= 0.6 is 22.7 Å². The molecule has 0 saturated heterocycles. The zero-order valence-electron chi connectivity index (χ0n) is 10.7. The Hall–Kier alpha value is 1.01. The molecule has 0 fully saturated rings. The van der Waals surface area contributed by atoms with Gasteiger partial charge < -0.3 is 0 Å². The lowest BCUT2D eigenvalue weighted by atomic mass is 9.99. The summed E-state index contributed by atoms with van der Waals surface area (Å²) in [4.78, 5) is 0. The minimum atomic E-state index is -1.48. The number of halogens is 2. The molecular weight excluding hydrogens is 259 g/mol. The van der Waals surface area contributed by atoms with Crippen molar-refractivity contribution in [1.29, 1.82) is 0 Å². The summed E-state index contributed by atoms with van der Waals surface area (Å²) in [6, 6.07) is 0. The van der Waals surface area contributed by atoms with Crippen molar-refractivity contribution in [2.45, 2.75) is 59.2 Å². The molecule has 0 aliphatic carbocycles. The summed E-state index contributed by atoms with van der Waals surface area (Å²) in [7, 11) is -1.48. The molecule has 0 bridgehead atoms. The lowest BCUT2D eigenvalue weighted by molar-refractivity contribution is 0.465. The zero-order valence-corrected chi connectivity index (χ0v) is 13.3. The summed E-state index contributed by atoms with van der Waals surface area (Å²) in [5.41, 5.74) is 0. The molecule has 0 aromatic carbocycles. The Morgan fingerprint density at radius 1 is 1.20 bits per heavy atom. The Bertz CT molecular complexity index is 138. The number of rotatable bonds is 3. The standard InChI is InChI=1S/C8H19ClSi.C3H7Cl.H4Si/c1-7(2)8(3,4)10(5,6)9;1-2-3-4;/h7H,1-6H3;2-3H2,1H3;1H4. The average molecular weight is 289 g/mol. The molecule has 0 amide bonds. The van der Waals surface area contributed by atoms with Crippen molar-refractivity contribution >= 4 is 41.0 Å². The van der Waals surface area contributed by atoms with Gasteiger partial charge >= 0.3 is 0 Å². The van der Waals surface area contributed by atoms with E-state index in [1.807, 2.05) is 6.92 Å². The first-order valence-corrected chi connectivity index (χ1v) is 9.90. The summed E-state index contributed by atoms with van der Waals surface area (Å²) in [5, 5.41) is 0.342. The first-order chi connectivity index (χ1) is 6.11. The Kier molecular flexibility index (Phi) is 12.9. The van der Waals surface area contributed by atoms with Gasteiger partial charge in [-0.2, -0.15) is 11.1 Å². The van der Waals surface area contributed by atoms with Crippen molar-refractivity contribution in [3.63, 3.8) is 0 Å². The van der Waals surface area contributed by atoms with Crippen molar-refractivity contribution < 1.29 is 0 Å². The van der Waals surface area contributed by atoms with Crippen LogP contribution in [-0.4, -0.2) is 24.2 Å². The number of hydrogen-bond donors (Lipinski definition) is 0. The lowest BCUT2D eigenvalue weighted by Gasteiger charge is -2.38. The van der Waals surface area contributed by atoms with E-state index in [1.54, 1.807) is 0 Å². The molecule has 0 aliphatic heterocycles. The second-order valence-corrected chi connectivity index (χ2v) is 12.5. The molecule has 96 valence electrons. The summed E-state index contributed by atoms with van der Waals surface area (Å²) in [6.45, 7) is 15.5. The molecule has 15 heavy (non-hydrogen) atoms. The van der Waals surface area contributed by atoms with E-state index in [4.69, 9.17) is 22.7 Å². The van der Waals surface area contributed by atoms with Gasteiger partial charge in [-0.05, 0) is 28.3 Å². The fourth-order valence-corrected chi connectivity index (χ4v) is 2.71. The summed E-state index contributed by atoms with van der Waals surface area (Å²) in [6.07, 6.45) is 1.08. The largest absolute Gasteiger partial charge is 0.167 e. The van der Waals surface area contributed by atoms with Crippen LogP contribution in [0.15, 0.2) is 0 Å². The third kappa shape index (κ3) is 8.78. The molecule has 0 saturated carbocycles. The summed E-state index contributed by atoms with van der Waals surface area (Å²) in [5.74, 6) is 1.48. The molecule has 0 spiro atoms. The smallest absolute Gasteiger partial charge is 0.156 e. The van der Waals surface area contributed by atoms with Gasteiger partial charge in [0.05, 0.1) is 0 Å². The molecule has 0 radical (unpaired) electrons. The summed E-state index contributed by atoms with van der Waals surface area (Å²) < 4.78 is 0. The van der Waals surface area contributed by atoms with Crippen LogP contribution in [0.4, 0.5) is 0 Å². The van der Waals surface area contributed by atoms with Crippen LogP contribution < -0.4 is 0 Å². The molecule has 0 unspecified atom stereocenters. The second-order valence-electron chi connectivity index (χ2n) is 5.04. The Morgan fingerprint density at radius 2 is 1.47 bits per heavy atom. The Balaban J connectivity index is -0.000000249. The van der Waals surface area contributed by atoms with Crippen LogP contribution in [0.25, 0.3) is 0 Å². The van der Waals surface area contributed by atoms with E-state index in [0.29, 0.717) is 11.0 Å². The van der Waals surface area contributed by atoms with Crippen molar-refractivity contribution in [3.05, 3.63) is 0 Å². The van der Waals surface area contributed by atoms with Gasteiger partial charge in [-0.15, -0.1) is 11.6 Å². The fourth-order valence-electron chi connectivity index (χ4n) is 0.686. The van der Waals surface area contributed by atoms with Crippen LogP contribution in [-0.2, 0) is 0 Å². The van der Waals surface area contributed by atoms with Gasteiger partial charge in [0.1, 0.15) is 0 Å². The molecule has 0 heterocycles. The minimum absolute atomic E-state index is 0. The van der Waals surface area contributed by atoms with Crippen LogP contribution in [0, 0.1) is 5.92 Å². The maximum atomic E-state index is 6.36. The molecule has 4 heteroatoms. The highest BCUT2D eigenvalue weighted by Crippen LogP contribution is 2.45. The topological polar surface area (TPSA) is 0 Å². The van der Waals surface area contributed by atoms with E-state index in [-0.39, 0.29) is 11.0 Å². The highest BCUT2D eigenvalue weighted by atomic mass is 35.6. The van der Waals surface area contributed by atoms with E-state index in [2.05, 4.69) is 40.8 Å². The van der Waals surface area contributed by atoms with E-state index in [0.717, 1.165) is 12.3 Å².